The highest BCUT2D eigenvalue weighted by atomic mass is 79.9. The van der Waals surface area contributed by atoms with E-state index in [1.165, 1.54) is 0 Å². The van der Waals surface area contributed by atoms with Crippen LogP contribution in [0.2, 0.25) is 0 Å². The van der Waals surface area contributed by atoms with Gasteiger partial charge in [0.1, 0.15) is 0 Å². The molecule has 0 aliphatic heterocycles. The fourth-order valence-electron chi connectivity index (χ4n) is 2.22. The third-order valence-corrected chi connectivity index (χ3v) is 3.72. The lowest BCUT2D eigenvalue weighted by Crippen LogP contribution is -2.19. The minimum absolute atomic E-state index is 0.0314. The summed E-state index contributed by atoms with van der Waals surface area (Å²) in [5, 5.41) is 8.95. The molecule has 0 aliphatic carbocycles. The summed E-state index contributed by atoms with van der Waals surface area (Å²) in [7, 11) is 1.94. The van der Waals surface area contributed by atoms with E-state index in [4.69, 9.17) is 5.26 Å². The van der Waals surface area contributed by atoms with Crippen molar-refractivity contribution < 1.29 is 4.79 Å². The first-order chi connectivity index (χ1) is 10.0. The van der Waals surface area contributed by atoms with Crippen LogP contribution in [0.1, 0.15) is 28.4 Å². The van der Waals surface area contributed by atoms with Gasteiger partial charge in [0.2, 0.25) is 0 Å². The number of anilines is 1. The molecule has 3 nitrogen and oxygen atoms in total. The third kappa shape index (κ3) is 3.71. The molecule has 0 spiro atoms. The summed E-state index contributed by atoms with van der Waals surface area (Å²) in [5.74, 6) is 0.0314. The summed E-state index contributed by atoms with van der Waals surface area (Å²) in [6.45, 7) is 2.20. The van der Waals surface area contributed by atoms with Gasteiger partial charge in [-0.25, -0.2) is 0 Å². The van der Waals surface area contributed by atoms with E-state index in [1.54, 1.807) is 13.0 Å². The molecule has 21 heavy (non-hydrogen) atoms. The van der Waals surface area contributed by atoms with Crippen molar-refractivity contribution in [3.63, 3.8) is 0 Å². The van der Waals surface area contributed by atoms with Gasteiger partial charge in [-0.15, -0.1) is 0 Å². The van der Waals surface area contributed by atoms with Gasteiger partial charge in [-0.3, -0.25) is 4.79 Å². The van der Waals surface area contributed by atoms with E-state index in [2.05, 4.69) is 22.0 Å². The molecule has 0 radical (unpaired) electrons. The lowest BCUT2D eigenvalue weighted by molar-refractivity contribution is 0.101. The molecular formula is C17H15BrN2O. The van der Waals surface area contributed by atoms with Gasteiger partial charge in [0.15, 0.2) is 5.78 Å². The Morgan fingerprint density at radius 3 is 2.71 bits per heavy atom. The molecule has 2 aromatic rings. The molecule has 0 saturated heterocycles. The van der Waals surface area contributed by atoms with Crippen LogP contribution in [0.4, 0.5) is 5.69 Å². The van der Waals surface area contributed by atoms with Crippen LogP contribution in [0.5, 0.6) is 0 Å². The predicted octanol–water partition coefficient (Wildman–Crippen LogP) is 4.16. The number of hydrogen-bond donors (Lipinski definition) is 0. The Morgan fingerprint density at radius 1 is 1.29 bits per heavy atom. The van der Waals surface area contributed by atoms with E-state index in [-0.39, 0.29) is 5.78 Å². The van der Waals surface area contributed by atoms with Crippen LogP contribution >= 0.6 is 15.9 Å². The van der Waals surface area contributed by atoms with Gasteiger partial charge in [-0.2, -0.15) is 5.26 Å². The summed E-state index contributed by atoms with van der Waals surface area (Å²) in [6, 6.07) is 15.3. The molecule has 0 aromatic heterocycles. The van der Waals surface area contributed by atoms with Crippen LogP contribution in [0, 0.1) is 11.3 Å². The lowest BCUT2D eigenvalue weighted by atomic mass is 10.1. The van der Waals surface area contributed by atoms with Gasteiger partial charge in [-0.1, -0.05) is 28.1 Å². The lowest BCUT2D eigenvalue weighted by Gasteiger charge is -2.22. The maximum atomic E-state index is 11.8. The van der Waals surface area contributed by atoms with E-state index < -0.39 is 0 Å². The van der Waals surface area contributed by atoms with Crippen molar-refractivity contribution in [2.75, 3.05) is 11.9 Å². The molecule has 0 atom stereocenters. The number of rotatable bonds is 4. The molecule has 0 saturated carbocycles. The highest BCUT2D eigenvalue weighted by Crippen LogP contribution is 2.25. The van der Waals surface area contributed by atoms with E-state index >= 15 is 0 Å². The average Bonchev–Trinajstić information content (AvgIpc) is 2.47. The average molecular weight is 343 g/mol. The zero-order valence-corrected chi connectivity index (χ0v) is 13.5. The number of halogens is 1. The standard InChI is InChI=1S/C17H15BrN2O/c1-12(21)16-9-15(18)6-7-17(16)20(2)11-14-5-3-4-13(8-14)10-19/h3-9H,11H2,1-2H3. The molecule has 2 aromatic carbocycles. The molecule has 0 fully saturated rings. The van der Waals surface area contributed by atoms with Crippen molar-refractivity contribution in [3.05, 3.63) is 63.6 Å². The summed E-state index contributed by atoms with van der Waals surface area (Å²) in [6.07, 6.45) is 0. The largest absolute Gasteiger partial charge is 0.370 e. The minimum atomic E-state index is 0.0314. The van der Waals surface area contributed by atoms with Crippen molar-refractivity contribution in [1.29, 1.82) is 5.26 Å². The van der Waals surface area contributed by atoms with Gasteiger partial charge in [0, 0.05) is 29.3 Å². The second-order valence-corrected chi connectivity index (χ2v) is 5.80. The number of Topliss-reactive ketones (excluding diaryl/α,β-unsaturated/α-hetero) is 1. The normalized spacial score (nSPS) is 10.0. The van der Waals surface area contributed by atoms with Crippen molar-refractivity contribution in [2.45, 2.75) is 13.5 Å². The number of carbonyl (C=O) groups excluding carboxylic acids is 1. The van der Waals surface area contributed by atoms with E-state index in [9.17, 15) is 4.79 Å². The number of nitrogens with zero attached hydrogens (tertiary/aromatic N) is 2. The van der Waals surface area contributed by atoms with Crippen LogP contribution in [0.15, 0.2) is 46.9 Å². The fraction of sp³-hybridized carbons (Fsp3) is 0.176. The maximum Gasteiger partial charge on any atom is 0.161 e. The van der Waals surface area contributed by atoms with E-state index in [0.717, 1.165) is 15.7 Å². The summed E-state index contributed by atoms with van der Waals surface area (Å²) in [4.78, 5) is 13.8. The summed E-state index contributed by atoms with van der Waals surface area (Å²) >= 11 is 3.39. The predicted molar refractivity (Wildman–Crippen MR) is 87.4 cm³/mol. The van der Waals surface area contributed by atoms with Crippen LogP contribution in [-0.2, 0) is 6.54 Å². The Bertz CT molecular complexity index is 719. The Labute approximate surface area is 132 Å². The Morgan fingerprint density at radius 2 is 2.05 bits per heavy atom. The smallest absolute Gasteiger partial charge is 0.161 e. The first-order valence-electron chi connectivity index (χ1n) is 6.52. The van der Waals surface area contributed by atoms with Gasteiger partial charge in [0.05, 0.1) is 11.6 Å². The Hall–Kier alpha value is -2.12. The van der Waals surface area contributed by atoms with Gasteiger partial charge in [0.25, 0.3) is 0 Å². The SMILES string of the molecule is CC(=O)c1cc(Br)ccc1N(C)Cc1cccc(C#N)c1. The van der Waals surface area contributed by atoms with Crippen molar-refractivity contribution in [1.82, 2.24) is 0 Å². The minimum Gasteiger partial charge on any atom is -0.370 e. The fourth-order valence-corrected chi connectivity index (χ4v) is 2.58. The van der Waals surface area contributed by atoms with E-state index in [1.807, 2.05) is 48.3 Å². The molecule has 2 rings (SSSR count). The quantitative estimate of drug-likeness (QED) is 0.783. The van der Waals surface area contributed by atoms with Gasteiger partial charge in [-0.05, 0) is 42.8 Å². The number of hydrogen-bond acceptors (Lipinski definition) is 3. The third-order valence-electron chi connectivity index (χ3n) is 3.22. The molecule has 0 bridgehead atoms. The molecule has 0 unspecified atom stereocenters. The second kappa shape index (κ2) is 6.55. The number of benzene rings is 2. The van der Waals surface area contributed by atoms with Gasteiger partial charge >= 0.3 is 0 Å². The molecule has 4 heteroatoms. The molecule has 106 valence electrons. The van der Waals surface area contributed by atoms with Crippen LogP contribution in [0.25, 0.3) is 0 Å². The van der Waals surface area contributed by atoms with Gasteiger partial charge < -0.3 is 4.90 Å². The van der Waals surface area contributed by atoms with Crippen LogP contribution < -0.4 is 4.90 Å². The first-order valence-corrected chi connectivity index (χ1v) is 7.31. The van der Waals surface area contributed by atoms with Crippen molar-refractivity contribution >= 4 is 27.4 Å². The Balaban J connectivity index is 2.30. The summed E-state index contributed by atoms with van der Waals surface area (Å²) in [5.41, 5.74) is 3.24. The summed E-state index contributed by atoms with van der Waals surface area (Å²) < 4.78 is 0.885. The topological polar surface area (TPSA) is 44.1 Å². The molecule has 0 aliphatic rings. The molecule has 0 heterocycles. The highest BCUT2D eigenvalue weighted by Gasteiger charge is 2.12. The Kier molecular flexibility index (Phi) is 4.77. The highest BCUT2D eigenvalue weighted by molar-refractivity contribution is 9.10. The zero-order chi connectivity index (χ0) is 15.4. The number of carbonyl (C=O) groups is 1. The monoisotopic (exact) mass is 342 g/mol. The first kappa shape index (κ1) is 15.3. The van der Waals surface area contributed by atoms with Crippen molar-refractivity contribution in [3.8, 4) is 6.07 Å². The number of nitriles is 1. The van der Waals surface area contributed by atoms with Crippen LogP contribution in [0.3, 0.4) is 0 Å². The van der Waals surface area contributed by atoms with Crippen molar-refractivity contribution in [2.24, 2.45) is 0 Å². The number of ketones is 1. The zero-order valence-electron chi connectivity index (χ0n) is 11.9. The van der Waals surface area contributed by atoms with E-state index in [0.29, 0.717) is 17.7 Å². The van der Waals surface area contributed by atoms with Crippen LogP contribution in [-0.4, -0.2) is 12.8 Å². The molecular weight excluding hydrogens is 328 g/mol. The molecule has 0 amide bonds. The second-order valence-electron chi connectivity index (χ2n) is 4.89. The molecule has 0 N–H and O–H groups in total. The maximum absolute atomic E-state index is 11.8.